The third-order valence-electron chi connectivity index (χ3n) is 3.33. The lowest BCUT2D eigenvalue weighted by Gasteiger charge is -2.15. The van der Waals surface area contributed by atoms with E-state index < -0.39 is 0 Å². The summed E-state index contributed by atoms with van der Waals surface area (Å²) in [7, 11) is 0. The van der Waals surface area contributed by atoms with Gasteiger partial charge in [0.05, 0.1) is 11.4 Å². The van der Waals surface area contributed by atoms with Gasteiger partial charge in [-0.1, -0.05) is 6.42 Å². The van der Waals surface area contributed by atoms with Crippen molar-refractivity contribution >= 4 is 5.95 Å². The molecule has 2 rings (SSSR count). The Bertz CT molecular complexity index is 365. The highest BCUT2D eigenvalue weighted by atomic mass is 15.2. The summed E-state index contributed by atoms with van der Waals surface area (Å²) in [5, 5.41) is 11.3. The molecule has 16 heavy (non-hydrogen) atoms. The van der Waals surface area contributed by atoms with Crippen LogP contribution in [-0.2, 0) is 0 Å². The molecule has 2 atom stereocenters. The van der Waals surface area contributed by atoms with Crippen LogP contribution in [0.4, 0.5) is 5.95 Å². The Labute approximate surface area is 95.9 Å². The van der Waals surface area contributed by atoms with Crippen LogP contribution >= 0.6 is 0 Å². The van der Waals surface area contributed by atoms with Gasteiger partial charge in [0.2, 0.25) is 5.95 Å². The van der Waals surface area contributed by atoms with E-state index in [2.05, 4.69) is 20.5 Å². The summed E-state index contributed by atoms with van der Waals surface area (Å²) >= 11 is 0. The van der Waals surface area contributed by atoms with E-state index in [0.717, 1.165) is 24.4 Å². The van der Waals surface area contributed by atoms with Crippen LogP contribution in [0.15, 0.2) is 0 Å². The van der Waals surface area contributed by atoms with Crippen molar-refractivity contribution in [1.82, 2.24) is 15.2 Å². The maximum atomic E-state index is 6.00. The molecule has 5 heteroatoms. The van der Waals surface area contributed by atoms with Crippen molar-refractivity contribution in [1.29, 1.82) is 0 Å². The maximum Gasteiger partial charge on any atom is 0.242 e. The van der Waals surface area contributed by atoms with Crippen LogP contribution in [0.1, 0.15) is 30.7 Å². The maximum absolute atomic E-state index is 6.00. The van der Waals surface area contributed by atoms with Gasteiger partial charge >= 0.3 is 0 Å². The Morgan fingerprint density at radius 1 is 1.25 bits per heavy atom. The van der Waals surface area contributed by atoms with Crippen molar-refractivity contribution in [2.24, 2.45) is 11.7 Å². The molecule has 0 bridgehead atoms. The van der Waals surface area contributed by atoms with Crippen LogP contribution in [0.5, 0.6) is 0 Å². The van der Waals surface area contributed by atoms with Gasteiger partial charge in [-0.3, -0.25) is 0 Å². The van der Waals surface area contributed by atoms with Gasteiger partial charge in [-0.05, 0) is 32.6 Å². The second kappa shape index (κ2) is 4.74. The van der Waals surface area contributed by atoms with Gasteiger partial charge in [-0.2, -0.15) is 5.10 Å². The predicted molar refractivity (Wildman–Crippen MR) is 63.1 cm³/mol. The number of nitrogens with zero attached hydrogens (tertiary/aromatic N) is 3. The summed E-state index contributed by atoms with van der Waals surface area (Å²) in [6.07, 6.45) is 3.57. The summed E-state index contributed by atoms with van der Waals surface area (Å²) in [5.41, 5.74) is 7.80. The number of aryl methyl sites for hydroxylation is 2. The SMILES string of the molecule is Cc1nnc(NCC2CCCC2N)nc1C. The number of hydrogen-bond donors (Lipinski definition) is 2. The average Bonchev–Trinajstić information content (AvgIpc) is 2.66. The average molecular weight is 221 g/mol. The molecule has 0 radical (unpaired) electrons. The van der Waals surface area contributed by atoms with Crippen molar-refractivity contribution in [3.8, 4) is 0 Å². The zero-order chi connectivity index (χ0) is 11.5. The molecule has 2 unspecified atom stereocenters. The number of nitrogens with one attached hydrogen (secondary N) is 1. The minimum Gasteiger partial charge on any atom is -0.353 e. The molecule has 1 aromatic heterocycles. The standard InChI is InChI=1S/C11H19N5/c1-7-8(2)15-16-11(14-7)13-6-9-4-3-5-10(9)12/h9-10H,3-6,12H2,1-2H3,(H,13,14,16). The zero-order valence-electron chi connectivity index (χ0n) is 9.90. The van der Waals surface area contributed by atoms with Gasteiger partial charge in [-0.25, -0.2) is 4.98 Å². The fourth-order valence-electron chi connectivity index (χ4n) is 2.07. The summed E-state index contributed by atoms with van der Waals surface area (Å²) in [4.78, 5) is 4.33. The molecule has 0 aliphatic heterocycles. The number of rotatable bonds is 3. The summed E-state index contributed by atoms with van der Waals surface area (Å²) in [6, 6.07) is 0.326. The van der Waals surface area contributed by atoms with Crippen LogP contribution in [0.2, 0.25) is 0 Å². The van der Waals surface area contributed by atoms with Crippen molar-refractivity contribution < 1.29 is 0 Å². The zero-order valence-corrected chi connectivity index (χ0v) is 9.90. The number of anilines is 1. The van der Waals surface area contributed by atoms with E-state index in [9.17, 15) is 0 Å². The fraction of sp³-hybridized carbons (Fsp3) is 0.727. The van der Waals surface area contributed by atoms with E-state index in [4.69, 9.17) is 5.73 Å². The fourth-order valence-corrected chi connectivity index (χ4v) is 2.07. The first-order valence-corrected chi connectivity index (χ1v) is 5.84. The number of aromatic nitrogens is 3. The summed E-state index contributed by atoms with van der Waals surface area (Å²) < 4.78 is 0. The smallest absolute Gasteiger partial charge is 0.242 e. The highest BCUT2D eigenvalue weighted by Crippen LogP contribution is 2.23. The molecule has 1 fully saturated rings. The monoisotopic (exact) mass is 221 g/mol. The minimum atomic E-state index is 0.326. The van der Waals surface area contributed by atoms with Gasteiger partial charge in [-0.15, -0.1) is 5.10 Å². The van der Waals surface area contributed by atoms with Gasteiger partial charge in [0, 0.05) is 12.6 Å². The molecule has 1 aromatic rings. The highest BCUT2D eigenvalue weighted by molar-refractivity contribution is 5.24. The highest BCUT2D eigenvalue weighted by Gasteiger charge is 2.23. The Kier molecular flexibility index (Phi) is 3.33. The third-order valence-corrected chi connectivity index (χ3v) is 3.33. The number of hydrogen-bond acceptors (Lipinski definition) is 5. The van der Waals surface area contributed by atoms with Crippen molar-refractivity contribution in [3.63, 3.8) is 0 Å². The number of nitrogens with two attached hydrogens (primary N) is 1. The van der Waals surface area contributed by atoms with Crippen molar-refractivity contribution in [3.05, 3.63) is 11.4 Å². The molecule has 1 aliphatic carbocycles. The van der Waals surface area contributed by atoms with E-state index in [1.54, 1.807) is 0 Å². The molecule has 0 amide bonds. The van der Waals surface area contributed by atoms with Gasteiger partial charge in [0.1, 0.15) is 0 Å². The van der Waals surface area contributed by atoms with Crippen molar-refractivity contribution in [2.75, 3.05) is 11.9 Å². The van der Waals surface area contributed by atoms with Gasteiger partial charge in [0.15, 0.2) is 0 Å². The first-order valence-electron chi connectivity index (χ1n) is 5.84. The lowest BCUT2D eigenvalue weighted by Crippen LogP contribution is -2.30. The normalized spacial score (nSPS) is 24.7. The molecular weight excluding hydrogens is 202 g/mol. The largest absolute Gasteiger partial charge is 0.353 e. The third kappa shape index (κ3) is 2.47. The molecule has 1 heterocycles. The molecular formula is C11H19N5. The molecule has 0 spiro atoms. The molecule has 1 saturated carbocycles. The van der Waals surface area contributed by atoms with E-state index >= 15 is 0 Å². The molecule has 3 N–H and O–H groups in total. The van der Waals surface area contributed by atoms with E-state index in [-0.39, 0.29) is 0 Å². The lowest BCUT2D eigenvalue weighted by atomic mass is 10.1. The Balaban J connectivity index is 1.91. The van der Waals surface area contributed by atoms with Crippen LogP contribution in [0, 0.1) is 19.8 Å². The first kappa shape index (κ1) is 11.3. The Morgan fingerprint density at radius 3 is 2.69 bits per heavy atom. The van der Waals surface area contributed by atoms with Crippen molar-refractivity contribution in [2.45, 2.75) is 39.2 Å². The van der Waals surface area contributed by atoms with Crippen LogP contribution < -0.4 is 11.1 Å². The van der Waals surface area contributed by atoms with E-state index in [0.29, 0.717) is 17.9 Å². The molecule has 88 valence electrons. The lowest BCUT2D eigenvalue weighted by molar-refractivity contribution is 0.503. The molecule has 0 saturated heterocycles. The minimum absolute atomic E-state index is 0.326. The Morgan fingerprint density at radius 2 is 2.06 bits per heavy atom. The summed E-state index contributed by atoms with van der Waals surface area (Å²) in [6.45, 7) is 4.70. The van der Waals surface area contributed by atoms with Crippen LogP contribution in [0.25, 0.3) is 0 Å². The van der Waals surface area contributed by atoms with E-state index in [1.165, 1.54) is 12.8 Å². The topological polar surface area (TPSA) is 76.7 Å². The molecule has 0 aromatic carbocycles. The molecule has 5 nitrogen and oxygen atoms in total. The second-order valence-corrected chi connectivity index (χ2v) is 4.54. The van der Waals surface area contributed by atoms with Crippen LogP contribution in [0.3, 0.4) is 0 Å². The van der Waals surface area contributed by atoms with Gasteiger partial charge < -0.3 is 11.1 Å². The second-order valence-electron chi connectivity index (χ2n) is 4.54. The quantitative estimate of drug-likeness (QED) is 0.797. The Hall–Kier alpha value is -1.23. The molecule has 1 aliphatic rings. The van der Waals surface area contributed by atoms with Crippen LogP contribution in [-0.4, -0.2) is 27.8 Å². The van der Waals surface area contributed by atoms with E-state index in [1.807, 2.05) is 13.8 Å². The first-order chi connectivity index (χ1) is 7.66. The predicted octanol–water partition coefficient (Wildman–Crippen LogP) is 1.03. The van der Waals surface area contributed by atoms with Gasteiger partial charge in [0.25, 0.3) is 0 Å². The summed E-state index contributed by atoms with van der Waals surface area (Å²) in [5.74, 6) is 1.16.